The number of hydrogen-bond donors (Lipinski definition) is 1. The van der Waals surface area contributed by atoms with Crippen LogP contribution in [-0.4, -0.2) is 60.4 Å². The fraction of sp³-hybridized carbons (Fsp3) is 0.600. The van der Waals surface area contributed by atoms with Gasteiger partial charge in [0.05, 0.1) is 11.5 Å². The van der Waals surface area contributed by atoms with Crippen LogP contribution >= 0.6 is 12.4 Å². The number of nitrogens with two attached hydrogens (primary N) is 1. The molecule has 3 rings (SSSR count). The molecule has 2 aliphatic rings. The van der Waals surface area contributed by atoms with Crippen molar-refractivity contribution in [1.82, 2.24) is 9.80 Å². The Bertz CT molecular complexity index is 707. The number of alkyl halides is 2. The zero-order valence-corrected chi connectivity index (χ0v) is 17.1. The molecule has 1 aromatic rings. The molecule has 2 saturated heterocycles. The quantitative estimate of drug-likeness (QED) is 0.777. The summed E-state index contributed by atoms with van der Waals surface area (Å²) in [5.74, 6) is -0.768. The van der Waals surface area contributed by atoms with Crippen LogP contribution in [0.5, 0.6) is 5.75 Å². The summed E-state index contributed by atoms with van der Waals surface area (Å²) in [6, 6.07) is 6.04. The summed E-state index contributed by atoms with van der Waals surface area (Å²) < 4.78 is 29.8. The van der Waals surface area contributed by atoms with Crippen molar-refractivity contribution in [1.29, 1.82) is 0 Å². The number of piperidine rings is 2. The Morgan fingerprint density at radius 1 is 1.14 bits per heavy atom. The second kappa shape index (κ2) is 10.7. The van der Waals surface area contributed by atoms with Gasteiger partial charge >= 0.3 is 6.61 Å². The highest BCUT2D eigenvalue weighted by atomic mass is 35.5. The lowest BCUT2D eigenvalue weighted by atomic mass is 9.93. The molecule has 2 atom stereocenters. The molecule has 0 radical (unpaired) electrons. The molecular weight excluding hydrogens is 404 g/mol. The van der Waals surface area contributed by atoms with Crippen molar-refractivity contribution < 1.29 is 23.1 Å². The van der Waals surface area contributed by atoms with Crippen molar-refractivity contribution in [3.63, 3.8) is 0 Å². The first-order chi connectivity index (χ1) is 13.5. The molecule has 0 aliphatic carbocycles. The molecule has 0 bridgehead atoms. The van der Waals surface area contributed by atoms with Crippen LogP contribution in [0.15, 0.2) is 24.3 Å². The van der Waals surface area contributed by atoms with Gasteiger partial charge in [-0.2, -0.15) is 8.78 Å². The van der Waals surface area contributed by atoms with Crippen LogP contribution in [0.1, 0.15) is 42.5 Å². The van der Waals surface area contributed by atoms with E-state index in [1.54, 1.807) is 17.0 Å². The van der Waals surface area contributed by atoms with Crippen LogP contribution in [0.3, 0.4) is 0 Å². The van der Waals surface area contributed by atoms with Gasteiger partial charge in [0, 0.05) is 32.2 Å². The third-order valence-electron chi connectivity index (χ3n) is 5.57. The van der Waals surface area contributed by atoms with E-state index in [-0.39, 0.29) is 54.0 Å². The average Bonchev–Trinajstić information content (AvgIpc) is 2.72. The van der Waals surface area contributed by atoms with Gasteiger partial charge in [0.15, 0.2) is 0 Å². The highest BCUT2D eigenvalue weighted by Gasteiger charge is 2.35. The zero-order valence-electron chi connectivity index (χ0n) is 16.3. The third-order valence-corrected chi connectivity index (χ3v) is 5.57. The molecule has 2 unspecified atom stereocenters. The number of benzene rings is 1. The molecule has 0 aromatic heterocycles. The molecule has 162 valence electrons. The standard InChI is InChI=1S/C20H27F2N3O3.ClH/c21-20(22)28-17-9-2-1-8-16(17)19(27)24-10-5-6-14(13-24)18(26)25-11-4-3-7-15(25)12-23;/h1-2,8-9,14-15,20H,3-7,10-13,23H2;1H. The van der Waals surface area contributed by atoms with Gasteiger partial charge in [0.2, 0.25) is 5.91 Å². The molecule has 29 heavy (non-hydrogen) atoms. The first kappa shape index (κ1) is 23.3. The summed E-state index contributed by atoms with van der Waals surface area (Å²) in [5, 5.41) is 0. The minimum atomic E-state index is -3.00. The number of carbonyl (C=O) groups is 2. The van der Waals surface area contributed by atoms with E-state index in [0.717, 1.165) is 19.3 Å². The molecular formula is C20H28ClF2N3O3. The zero-order chi connectivity index (χ0) is 20.1. The summed E-state index contributed by atoms with van der Waals surface area (Å²) in [6.07, 6.45) is 4.36. The summed E-state index contributed by atoms with van der Waals surface area (Å²) in [5.41, 5.74) is 5.93. The molecule has 2 N–H and O–H groups in total. The highest BCUT2D eigenvalue weighted by Crippen LogP contribution is 2.27. The first-order valence-electron chi connectivity index (χ1n) is 9.85. The van der Waals surface area contributed by atoms with Gasteiger partial charge in [-0.05, 0) is 44.2 Å². The Hall–Kier alpha value is -1.93. The molecule has 6 nitrogen and oxygen atoms in total. The average molecular weight is 432 g/mol. The number of amides is 2. The number of halogens is 3. The molecule has 2 fully saturated rings. The summed E-state index contributed by atoms with van der Waals surface area (Å²) in [7, 11) is 0. The number of nitrogens with zero attached hydrogens (tertiary/aromatic N) is 2. The largest absolute Gasteiger partial charge is 0.434 e. The normalized spacial score (nSPS) is 22.2. The third kappa shape index (κ3) is 5.57. The maximum atomic E-state index is 13.0. The van der Waals surface area contributed by atoms with E-state index in [4.69, 9.17) is 5.73 Å². The fourth-order valence-corrected chi connectivity index (χ4v) is 4.15. The van der Waals surface area contributed by atoms with E-state index in [1.165, 1.54) is 12.1 Å². The molecule has 0 spiro atoms. The highest BCUT2D eigenvalue weighted by molar-refractivity contribution is 5.97. The van der Waals surface area contributed by atoms with E-state index in [0.29, 0.717) is 32.5 Å². The minimum Gasteiger partial charge on any atom is -0.434 e. The lowest BCUT2D eigenvalue weighted by Crippen LogP contribution is -2.53. The van der Waals surface area contributed by atoms with Crippen molar-refractivity contribution in [3.8, 4) is 5.75 Å². The van der Waals surface area contributed by atoms with Crippen LogP contribution in [0.25, 0.3) is 0 Å². The van der Waals surface area contributed by atoms with Gasteiger partial charge in [0.1, 0.15) is 5.75 Å². The van der Waals surface area contributed by atoms with Gasteiger partial charge < -0.3 is 20.3 Å². The number of para-hydroxylation sites is 1. The van der Waals surface area contributed by atoms with E-state index < -0.39 is 6.61 Å². The molecule has 1 aromatic carbocycles. The number of rotatable bonds is 5. The lowest BCUT2D eigenvalue weighted by molar-refractivity contribution is -0.140. The Kier molecular flexibility index (Phi) is 8.64. The van der Waals surface area contributed by atoms with E-state index in [2.05, 4.69) is 4.74 Å². The predicted molar refractivity (Wildman–Crippen MR) is 107 cm³/mol. The molecule has 2 heterocycles. The smallest absolute Gasteiger partial charge is 0.387 e. The number of likely N-dealkylation sites (tertiary alicyclic amines) is 2. The van der Waals surface area contributed by atoms with Crippen molar-refractivity contribution in [2.45, 2.75) is 44.8 Å². The van der Waals surface area contributed by atoms with Crippen molar-refractivity contribution in [2.75, 3.05) is 26.2 Å². The van der Waals surface area contributed by atoms with Crippen LogP contribution in [0.4, 0.5) is 8.78 Å². The Morgan fingerprint density at radius 2 is 1.90 bits per heavy atom. The van der Waals surface area contributed by atoms with Crippen LogP contribution < -0.4 is 10.5 Å². The number of carbonyl (C=O) groups excluding carboxylic acids is 2. The van der Waals surface area contributed by atoms with Gasteiger partial charge in [-0.15, -0.1) is 12.4 Å². The molecule has 0 saturated carbocycles. The van der Waals surface area contributed by atoms with E-state index in [9.17, 15) is 18.4 Å². The lowest BCUT2D eigenvalue weighted by Gasteiger charge is -2.40. The summed E-state index contributed by atoms with van der Waals surface area (Å²) in [4.78, 5) is 29.4. The van der Waals surface area contributed by atoms with Crippen LogP contribution in [0, 0.1) is 5.92 Å². The Morgan fingerprint density at radius 3 is 2.62 bits per heavy atom. The van der Waals surface area contributed by atoms with Crippen molar-refractivity contribution in [3.05, 3.63) is 29.8 Å². The van der Waals surface area contributed by atoms with Gasteiger partial charge in [0.25, 0.3) is 5.91 Å². The SMILES string of the molecule is Cl.NCC1CCCCN1C(=O)C1CCCN(C(=O)c2ccccc2OC(F)F)C1. The van der Waals surface area contributed by atoms with Gasteiger partial charge in [-0.25, -0.2) is 0 Å². The Labute approximate surface area is 175 Å². The topological polar surface area (TPSA) is 75.9 Å². The van der Waals surface area contributed by atoms with E-state index in [1.807, 2.05) is 4.90 Å². The molecule has 9 heteroatoms. The molecule has 2 aliphatic heterocycles. The van der Waals surface area contributed by atoms with E-state index >= 15 is 0 Å². The second-order valence-corrected chi connectivity index (χ2v) is 7.38. The van der Waals surface area contributed by atoms with Crippen molar-refractivity contribution >= 4 is 24.2 Å². The minimum absolute atomic E-state index is 0. The number of ether oxygens (including phenoxy) is 1. The van der Waals surface area contributed by atoms with Gasteiger partial charge in [-0.3, -0.25) is 9.59 Å². The van der Waals surface area contributed by atoms with Crippen molar-refractivity contribution in [2.24, 2.45) is 11.7 Å². The predicted octanol–water partition coefficient (Wildman–Crippen LogP) is 2.90. The monoisotopic (exact) mass is 431 g/mol. The second-order valence-electron chi connectivity index (χ2n) is 7.38. The Balaban J connectivity index is 0.00000300. The number of hydrogen-bond acceptors (Lipinski definition) is 4. The van der Waals surface area contributed by atoms with Crippen LogP contribution in [0.2, 0.25) is 0 Å². The summed E-state index contributed by atoms with van der Waals surface area (Å²) in [6.45, 7) is -1.08. The fourth-order valence-electron chi connectivity index (χ4n) is 4.15. The summed E-state index contributed by atoms with van der Waals surface area (Å²) >= 11 is 0. The maximum Gasteiger partial charge on any atom is 0.387 e. The molecule has 2 amide bonds. The maximum absolute atomic E-state index is 13.0. The van der Waals surface area contributed by atoms with Gasteiger partial charge in [-0.1, -0.05) is 12.1 Å². The van der Waals surface area contributed by atoms with Crippen LogP contribution in [-0.2, 0) is 4.79 Å². The first-order valence-corrected chi connectivity index (χ1v) is 9.85.